The van der Waals surface area contributed by atoms with Crippen LogP contribution in [-0.4, -0.2) is 316 Å². The van der Waals surface area contributed by atoms with Gasteiger partial charge in [-0.1, -0.05) is 0 Å². The second-order valence-electron chi connectivity index (χ2n) is 16.9. The molecule has 0 amide bonds. The van der Waals surface area contributed by atoms with Gasteiger partial charge in [-0.25, -0.2) is 0 Å². The first kappa shape index (κ1) is 52.6. The molecule has 18 aliphatic rings. The van der Waals surface area contributed by atoms with Gasteiger partial charge in [0.1, 0.15) is 146 Å². The van der Waals surface area contributed by atoms with E-state index in [4.69, 9.17) is 56.8 Å². The fourth-order valence-electron chi connectivity index (χ4n) is 8.82. The summed E-state index contributed by atoms with van der Waals surface area (Å²) in [4.78, 5) is 0. The summed E-state index contributed by atoms with van der Waals surface area (Å²) in [5.74, 6) is 0. The molecule has 12 bridgehead atoms. The van der Waals surface area contributed by atoms with Gasteiger partial charge >= 0.3 is 0 Å². The number of aliphatic hydroxyl groups is 18. The van der Waals surface area contributed by atoms with E-state index in [1.807, 2.05) is 0 Å². The molecule has 0 aromatic carbocycles. The van der Waals surface area contributed by atoms with Crippen LogP contribution in [0.15, 0.2) is 0 Å². The molecule has 0 aliphatic carbocycles. The first-order chi connectivity index (χ1) is 31.4. The Morgan fingerprint density at radius 1 is 0.242 bits per heavy atom. The molecule has 0 aromatic heterocycles. The summed E-state index contributed by atoms with van der Waals surface area (Å²) >= 11 is 0. The number of ether oxygens (including phenoxy) is 12. The second kappa shape index (κ2) is 22.1. The molecule has 18 aliphatic heterocycles. The first-order valence-electron chi connectivity index (χ1n) is 21.1. The van der Waals surface area contributed by atoms with Gasteiger partial charge in [-0.15, -0.1) is 0 Å². The van der Waals surface area contributed by atoms with E-state index in [-0.39, 0.29) is 0 Å². The van der Waals surface area contributed by atoms with Crippen LogP contribution in [-0.2, 0) is 56.8 Å². The lowest BCUT2D eigenvalue weighted by atomic mass is 9.95. The second-order valence-corrected chi connectivity index (χ2v) is 16.9. The van der Waals surface area contributed by atoms with Crippen LogP contribution < -0.4 is 0 Å². The van der Waals surface area contributed by atoms with Crippen LogP contribution in [0.3, 0.4) is 0 Å². The van der Waals surface area contributed by atoms with Gasteiger partial charge in [-0.3, -0.25) is 0 Å². The lowest BCUT2D eigenvalue weighted by Crippen LogP contribution is -2.68. The molecule has 18 N–H and O–H groups in total. The summed E-state index contributed by atoms with van der Waals surface area (Å²) in [7, 11) is 0. The molecule has 30 atom stereocenters. The molecule has 0 aromatic rings. The third-order valence-electron chi connectivity index (χ3n) is 12.7. The zero-order chi connectivity index (χ0) is 48.0. The molecule has 18 saturated heterocycles. The summed E-state index contributed by atoms with van der Waals surface area (Å²) in [6.07, 6.45) is -58.0. The number of aliphatic hydroxyl groups excluding tert-OH is 18. The third kappa shape index (κ3) is 10.1. The molecule has 18 heterocycles. The van der Waals surface area contributed by atoms with Crippen LogP contribution in [0.1, 0.15) is 0 Å². The van der Waals surface area contributed by atoms with Gasteiger partial charge in [0.2, 0.25) is 0 Å². The Bertz CT molecular complexity index is 1450. The molecule has 66 heavy (non-hydrogen) atoms. The highest BCUT2D eigenvalue weighted by molar-refractivity contribution is 5.00. The van der Waals surface area contributed by atoms with E-state index in [1.165, 1.54) is 0 Å². The largest absolute Gasteiger partial charge is 0.394 e. The molecular formula is C36H60O30. The average molecular weight is 973 g/mol. The third-order valence-corrected chi connectivity index (χ3v) is 12.7. The fourth-order valence-corrected chi connectivity index (χ4v) is 8.82. The van der Waals surface area contributed by atoms with E-state index < -0.39 is 224 Å². The van der Waals surface area contributed by atoms with Crippen LogP contribution in [0, 0.1) is 0 Å². The summed E-state index contributed by atoms with van der Waals surface area (Å²) in [5, 5.41) is 195. The molecule has 18 rings (SSSR count). The van der Waals surface area contributed by atoms with Gasteiger partial charge in [-0.05, 0) is 0 Å². The van der Waals surface area contributed by atoms with Gasteiger partial charge in [0.15, 0.2) is 37.7 Å². The van der Waals surface area contributed by atoms with Crippen LogP contribution >= 0.6 is 0 Å². The van der Waals surface area contributed by atoms with Crippen LogP contribution in [0.2, 0.25) is 0 Å². The van der Waals surface area contributed by atoms with Crippen molar-refractivity contribution in [1.82, 2.24) is 0 Å². The molecule has 0 radical (unpaired) electrons. The van der Waals surface area contributed by atoms with Crippen LogP contribution in [0.4, 0.5) is 0 Å². The fraction of sp³-hybridized carbons (Fsp3) is 1.00. The molecule has 30 unspecified atom stereocenters. The molecule has 0 spiro atoms. The van der Waals surface area contributed by atoms with Crippen molar-refractivity contribution in [3.63, 3.8) is 0 Å². The van der Waals surface area contributed by atoms with Gasteiger partial charge in [0, 0.05) is 0 Å². The van der Waals surface area contributed by atoms with E-state index in [9.17, 15) is 91.9 Å². The smallest absolute Gasteiger partial charge is 0.187 e. The molecular weight excluding hydrogens is 912 g/mol. The molecule has 0 saturated carbocycles. The summed E-state index contributed by atoms with van der Waals surface area (Å²) in [5.41, 5.74) is 0. The van der Waals surface area contributed by atoms with Crippen molar-refractivity contribution in [3.05, 3.63) is 0 Å². The van der Waals surface area contributed by atoms with Gasteiger partial charge in [0.25, 0.3) is 0 Å². The van der Waals surface area contributed by atoms with Crippen molar-refractivity contribution >= 4 is 0 Å². The quantitative estimate of drug-likeness (QED) is 0.122. The minimum Gasteiger partial charge on any atom is -0.394 e. The van der Waals surface area contributed by atoms with Crippen molar-refractivity contribution in [2.24, 2.45) is 0 Å². The SMILES string of the molecule is OCC1OC2OC3C(CO)OC(OC4C(CO)OC(OC5C(CO)OC(OC6C(CO)OC(OCC7OC(OC1C(O)C2O)C(O)C(O)C7O)C(O)C6O)C(O)C5O)C(O)C4O)C(O)C3O. The molecule has 18 fully saturated rings. The monoisotopic (exact) mass is 972 g/mol. The zero-order valence-electron chi connectivity index (χ0n) is 34.5. The Morgan fingerprint density at radius 2 is 0.470 bits per heavy atom. The maximum absolute atomic E-state index is 11.2. The maximum atomic E-state index is 11.2. The van der Waals surface area contributed by atoms with Crippen molar-refractivity contribution in [3.8, 4) is 0 Å². The van der Waals surface area contributed by atoms with Crippen LogP contribution in [0.25, 0.3) is 0 Å². The number of hydrogen-bond donors (Lipinski definition) is 18. The Kier molecular flexibility index (Phi) is 17.6. The normalized spacial score (nSPS) is 55.5. The highest BCUT2D eigenvalue weighted by Gasteiger charge is 2.58. The van der Waals surface area contributed by atoms with E-state index in [0.717, 1.165) is 0 Å². The Morgan fingerprint density at radius 3 is 0.742 bits per heavy atom. The van der Waals surface area contributed by atoms with E-state index >= 15 is 0 Å². The van der Waals surface area contributed by atoms with E-state index in [1.54, 1.807) is 0 Å². The number of rotatable bonds is 5. The van der Waals surface area contributed by atoms with Crippen molar-refractivity contribution < 1.29 is 149 Å². The van der Waals surface area contributed by atoms with E-state index in [0.29, 0.717) is 0 Å². The highest BCUT2D eigenvalue weighted by Crippen LogP contribution is 2.37. The highest BCUT2D eigenvalue weighted by atomic mass is 16.8. The number of hydrogen-bond acceptors (Lipinski definition) is 30. The molecule has 384 valence electrons. The predicted molar refractivity (Wildman–Crippen MR) is 196 cm³/mol. The summed E-state index contributed by atoms with van der Waals surface area (Å²) in [6.45, 7) is -5.77. The zero-order valence-corrected chi connectivity index (χ0v) is 34.5. The summed E-state index contributed by atoms with van der Waals surface area (Å²) < 4.78 is 67.7. The Labute approximate surface area is 372 Å². The minimum atomic E-state index is -2.15. The lowest BCUT2D eigenvalue weighted by molar-refractivity contribution is -0.399. The van der Waals surface area contributed by atoms with Crippen LogP contribution in [0.5, 0.6) is 0 Å². The van der Waals surface area contributed by atoms with Gasteiger partial charge in [0.05, 0.1) is 39.6 Å². The predicted octanol–water partition coefficient (Wildman–Crippen LogP) is -13.1. The maximum Gasteiger partial charge on any atom is 0.187 e. The minimum absolute atomic E-state index is 0.823. The van der Waals surface area contributed by atoms with Crippen molar-refractivity contribution in [1.29, 1.82) is 0 Å². The topological polar surface area (TPSA) is 475 Å². The Hall–Kier alpha value is -1.20. The van der Waals surface area contributed by atoms with Crippen molar-refractivity contribution in [2.75, 3.05) is 39.6 Å². The van der Waals surface area contributed by atoms with Crippen molar-refractivity contribution in [2.45, 2.75) is 184 Å². The van der Waals surface area contributed by atoms with Gasteiger partial charge in [-0.2, -0.15) is 0 Å². The molecule has 30 nitrogen and oxygen atoms in total. The van der Waals surface area contributed by atoms with E-state index in [2.05, 4.69) is 0 Å². The standard InChI is InChI=1S/C36H60O30/c37-1-7-26-15(44)21(50)31(56-7)55-6-12-13(42)14(43)20(49)32(61-12)62-27-8(2-38)57-34(22(51)16(27)45)64-29-10(4-40)59-36(24(53)18(29)47)66-30-11(5-41)60-35(25(54)19(30)48)65-28-9(3-39)58-33(63-26)23(52)17(28)46/h7-54H,1-6H2. The van der Waals surface area contributed by atoms with Gasteiger partial charge < -0.3 is 149 Å². The summed E-state index contributed by atoms with van der Waals surface area (Å²) in [6, 6.07) is 0. The average Bonchev–Trinajstić information content (AvgIpc) is 3.31. The first-order valence-corrected chi connectivity index (χ1v) is 21.1. The molecule has 30 heteroatoms. The Balaban J connectivity index is 1.18. The lowest BCUT2D eigenvalue weighted by Gasteiger charge is -2.50.